The van der Waals surface area contributed by atoms with Crippen LogP contribution in [0.25, 0.3) is 0 Å². The predicted molar refractivity (Wildman–Crippen MR) is 50.9 cm³/mol. The Morgan fingerprint density at radius 1 is 1.21 bits per heavy atom. The normalized spacial score (nSPS) is 11.1. The highest BCUT2D eigenvalue weighted by Gasteiger charge is 2.00. The van der Waals surface area contributed by atoms with Gasteiger partial charge in [0.05, 0.1) is 13.2 Å². The summed E-state index contributed by atoms with van der Waals surface area (Å²) in [6, 6.07) is 0. The second-order valence-electron chi connectivity index (χ2n) is 2.65. The number of hydrogen-bond acceptors (Lipinski definition) is 3. The summed E-state index contributed by atoms with van der Waals surface area (Å²) >= 11 is 0. The second-order valence-corrected chi connectivity index (χ2v) is 2.65. The molecule has 0 rings (SSSR count). The van der Waals surface area contributed by atoms with Gasteiger partial charge in [-0.2, -0.15) is 0 Å². The van der Waals surface area contributed by atoms with Crippen LogP contribution in [0.2, 0.25) is 0 Å². The molecule has 0 saturated carbocycles. The first kappa shape index (κ1) is 12.8. The van der Waals surface area contributed by atoms with Crippen LogP contribution in [0, 0.1) is 0 Å². The fourth-order valence-corrected chi connectivity index (χ4v) is 0.901. The molecule has 0 aromatic heterocycles. The molecule has 81 valence electrons. The first-order valence-electron chi connectivity index (χ1n) is 4.86. The minimum atomic E-state index is -0.323. The van der Waals surface area contributed by atoms with Gasteiger partial charge in [-0.1, -0.05) is 0 Å². The fraction of sp³-hybridized carbons (Fsp3) is 0.700. The monoisotopic (exact) mass is 201 g/mol. The Bertz CT molecular complexity index is 187. The zero-order chi connectivity index (χ0) is 10.8. The number of ether oxygens (including phenoxy) is 2. The molecule has 0 aliphatic rings. The molecule has 0 amide bonds. The topological polar surface area (TPSA) is 55.4 Å². The Balaban J connectivity index is 3.45. The lowest BCUT2D eigenvalue weighted by atomic mass is 10.2. The van der Waals surface area contributed by atoms with Gasteiger partial charge in [0.1, 0.15) is 0 Å². The summed E-state index contributed by atoms with van der Waals surface area (Å²) < 4.78 is 9.41. The van der Waals surface area contributed by atoms with Crippen LogP contribution in [0.5, 0.6) is 0 Å². The highest BCUT2D eigenvalue weighted by molar-refractivity contribution is 5.69. The molecule has 0 atom stereocenters. The quantitative estimate of drug-likeness (QED) is 0.360. The highest BCUT2D eigenvalue weighted by atomic mass is 16.6. The lowest BCUT2D eigenvalue weighted by Gasteiger charge is -1.99. The number of unbranched alkanes of at least 4 members (excludes halogenated alkanes) is 1. The van der Waals surface area contributed by atoms with E-state index < -0.39 is 0 Å². The molecule has 0 aliphatic heterocycles. The Kier molecular flexibility index (Phi) is 7.70. The van der Waals surface area contributed by atoms with Crippen molar-refractivity contribution in [2.24, 2.45) is 0 Å². The second kappa shape index (κ2) is 8.41. The van der Waals surface area contributed by atoms with Crippen LogP contribution < -0.4 is 0 Å². The van der Waals surface area contributed by atoms with Gasteiger partial charge in [-0.05, 0) is 26.7 Å². The van der Waals surface area contributed by atoms with Crippen molar-refractivity contribution in [1.29, 1.82) is 0 Å². The third-order valence-corrected chi connectivity index (χ3v) is 1.49. The molecule has 0 fully saturated rings. The van der Waals surface area contributed by atoms with Crippen LogP contribution in [0.1, 0.15) is 33.1 Å². The fourth-order valence-electron chi connectivity index (χ4n) is 0.901. The molecule has 0 aliphatic carbocycles. The van der Waals surface area contributed by atoms with Crippen LogP contribution in [0.3, 0.4) is 0 Å². The maximum atomic E-state index is 10.9. The Morgan fingerprint density at radius 2 is 1.86 bits per heavy atom. The Hall–Kier alpha value is -1.19. The van der Waals surface area contributed by atoms with E-state index in [1.54, 1.807) is 13.8 Å². The van der Waals surface area contributed by atoms with E-state index in [1.165, 1.54) is 6.08 Å². The van der Waals surface area contributed by atoms with Crippen molar-refractivity contribution in [3.63, 3.8) is 0 Å². The van der Waals surface area contributed by atoms with Gasteiger partial charge in [0.2, 0.25) is 0 Å². The van der Waals surface area contributed by atoms with Crippen molar-refractivity contribution in [1.82, 2.24) is 0 Å². The molecule has 14 heavy (non-hydrogen) atoms. The molecule has 1 radical (unpaired) electrons. The minimum Gasteiger partial charge on any atom is -0.466 e. The van der Waals surface area contributed by atoms with Crippen molar-refractivity contribution in [2.45, 2.75) is 33.1 Å². The standard InChI is InChI=1S/C10H17O4/c1-3-13-9(11)7-5-6-8-10(12)14-4-2/h7H,3-6,8H2,1-2H3. The van der Waals surface area contributed by atoms with Gasteiger partial charge in [-0.3, -0.25) is 4.79 Å². The Labute approximate surface area is 84.5 Å². The smallest absolute Gasteiger partial charge is 0.326 e. The molecule has 0 N–H and O–H groups in total. The van der Waals surface area contributed by atoms with Gasteiger partial charge in [-0.15, -0.1) is 0 Å². The molecular weight excluding hydrogens is 184 g/mol. The number of carbonyl (C=O) groups is 1. The van der Waals surface area contributed by atoms with Crippen LogP contribution in [-0.2, 0) is 19.4 Å². The molecule has 0 unspecified atom stereocenters. The summed E-state index contributed by atoms with van der Waals surface area (Å²) in [4.78, 5) is 10.9. The molecule has 4 heteroatoms. The molecule has 0 spiro atoms. The highest BCUT2D eigenvalue weighted by Crippen LogP contribution is 2.02. The van der Waals surface area contributed by atoms with E-state index in [0.717, 1.165) is 0 Å². The van der Waals surface area contributed by atoms with Crippen molar-refractivity contribution in [3.05, 3.63) is 12.0 Å². The van der Waals surface area contributed by atoms with Crippen LogP contribution in [0.15, 0.2) is 12.0 Å². The van der Waals surface area contributed by atoms with E-state index in [1.807, 2.05) is 0 Å². The van der Waals surface area contributed by atoms with E-state index in [-0.39, 0.29) is 11.9 Å². The molecule has 0 aromatic rings. The maximum Gasteiger partial charge on any atom is 0.326 e. The van der Waals surface area contributed by atoms with Crippen molar-refractivity contribution < 1.29 is 19.4 Å². The SMILES string of the molecule is CCOC(=O)CCCC=C([O])OCC. The van der Waals surface area contributed by atoms with Crippen molar-refractivity contribution >= 4 is 5.97 Å². The number of esters is 1. The largest absolute Gasteiger partial charge is 0.466 e. The molecule has 0 heterocycles. The lowest BCUT2D eigenvalue weighted by molar-refractivity contribution is -0.143. The third-order valence-electron chi connectivity index (χ3n) is 1.49. The predicted octanol–water partition coefficient (Wildman–Crippen LogP) is 2.03. The Morgan fingerprint density at radius 3 is 2.43 bits per heavy atom. The summed E-state index contributed by atoms with van der Waals surface area (Å²) in [5, 5.41) is 10.8. The van der Waals surface area contributed by atoms with Gasteiger partial charge in [0, 0.05) is 12.5 Å². The van der Waals surface area contributed by atoms with E-state index in [9.17, 15) is 9.90 Å². The number of allylic oxidation sites excluding steroid dienone is 1. The minimum absolute atomic E-state index is 0.218. The zero-order valence-electron chi connectivity index (χ0n) is 8.75. The summed E-state index contributed by atoms with van der Waals surface area (Å²) in [5.41, 5.74) is 0. The number of carbonyl (C=O) groups excluding carboxylic acids is 1. The first-order valence-corrected chi connectivity index (χ1v) is 4.86. The van der Waals surface area contributed by atoms with Gasteiger partial charge < -0.3 is 9.47 Å². The van der Waals surface area contributed by atoms with Gasteiger partial charge in [0.25, 0.3) is 0 Å². The molecule has 4 nitrogen and oxygen atoms in total. The summed E-state index contributed by atoms with van der Waals surface area (Å²) in [6.45, 7) is 4.31. The van der Waals surface area contributed by atoms with E-state index in [4.69, 9.17) is 4.74 Å². The number of rotatable bonds is 7. The van der Waals surface area contributed by atoms with Crippen molar-refractivity contribution in [3.8, 4) is 0 Å². The van der Waals surface area contributed by atoms with Crippen LogP contribution in [0.4, 0.5) is 0 Å². The summed E-state index contributed by atoms with van der Waals surface area (Å²) in [7, 11) is 0. The maximum absolute atomic E-state index is 10.9. The van der Waals surface area contributed by atoms with Gasteiger partial charge in [-0.25, -0.2) is 5.11 Å². The number of hydrogen-bond donors (Lipinski definition) is 0. The van der Waals surface area contributed by atoms with Crippen LogP contribution >= 0.6 is 0 Å². The van der Waals surface area contributed by atoms with Gasteiger partial charge in [0.15, 0.2) is 0 Å². The van der Waals surface area contributed by atoms with Crippen molar-refractivity contribution in [2.75, 3.05) is 13.2 Å². The van der Waals surface area contributed by atoms with E-state index in [2.05, 4.69) is 4.74 Å². The van der Waals surface area contributed by atoms with Crippen LogP contribution in [-0.4, -0.2) is 19.2 Å². The van der Waals surface area contributed by atoms with E-state index in [0.29, 0.717) is 32.5 Å². The lowest BCUT2D eigenvalue weighted by Crippen LogP contribution is -2.02. The molecule has 0 aromatic carbocycles. The third kappa shape index (κ3) is 7.46. The van der Waals surface area contributed by atoms with Gasteiger partial charge >= 0.3 is 11.9 Å². The average molecular weight is 201 g/mol. The molecule has 0 bridgehead atoms. The average Bonchev–Trinajstić information content (AvgIpc) is 2.13. The molecular formula is C10H17O4. The summed E-state index contributed by atoms with van der Waals surface area (Å²) in [6.07, 6.45) is 2.97. The molecule has 0 saturated heterocycles. The zero-order valence-corrected chi connectivity index (χ0v) is 8.75. The first-order chi connectivity index (χ1) is 6.70. The summed E-state index contributed by atoms with van der Waals surface area (Å²) in [5.74, 6) is -0.541. The van der Waals surface area contributed by atoms with E-state index >= 15 is 0 Å².